The van der Waals surface area contributed by atoms with Gasteiger partial charge in [-0.2, -0.15) is 0 Å². The van der Waals surface area contributed by atoms with Gasteiger partial charge in [0.1, 0.15) is 0 Å². The Balaban J connectivity index is 0.00000162. The predicted octanol–water partition coefficient (Wildman–Crippen LogP) is 2.65. The third-order valence-electron chi connectivity index (χ3n) is 3.37. The van der Waals surface area contributed by atoms with Gasteiger partial charge in [0.05, 0.1) is 11.2 Å². The Bertz CT molecular complexity index is 407. The lowest BCUT2D eigenvalue weighted by Crippen LogP contribution is -2.54. The fourth-order valence-corrected chi connectivity index (χ4v) is 2.82. The van der Waals surface area contributed by atoms with Crippen molar-refractivity contribution in [1.29, 1.82) is 0 Å². The third-order valence-corrected chi connectivity index (χ3v) is 4.36. The van der Waals surface area contributed by atoms with Crippen LogP contribution < -0.4 is 10.6 Å². The van der Waals surface area contributed by atoms with Crippen molar-refractivity contribution in [2.45, 2.75) is 45.6 Å². The molecule has 2 heterocycles. The van der Waals surface area contributed by atoms with E-state index < -0.39 is 5.54 Å². The summed E-state index contributed by atoms with van der Waals surface area (Å²) < 4.78 is 0. The van der Waals surface area contributed by atoms with Crippen LogP contribution in [-0.2, 0) is 4.79 Å². The van der Waals surface area contributed by atoms with Crippen molar-refractivity contribution in [2.24, 2.45) is 0 Å². The zero-order valence-corrected chi connectivity index (χ0v) is 12.6. The number of nitrogens with one attached hydrogen (secondary N) is 2. The van der Waals surface area contributed by atoms with Crippen molar-refractivity contribution in [3.8, 4) is 0 Å². The number of aromatic nitrogens is 1. The average molecular weight is 290 g/mol. The zero-order chi connectivity index (χ0) is 12.5. The fraction of sp³-hybridized carbons (Fsp3) is 0.667. The molecular formula is C12H20ClN3OS. The van der Waals surface area contributed by atoms with Crippen LogP contribution in [0.4, 0.5) is 5.13 Å². The van der Waals surface area contributed by atoms with E-state index in [1.165, 1.54) is 11.3 Å². The lowest BCUT2D eigenvalue weighted by molar-refractivity contribution is -0.122. The van der Waals surface area contributed by atoms with Crippen LogP contribution in [0, 0.1) is 13.8 Å². The van der Waals surface area contributed by atoms with Gasteiger partial charge in [-0.1, -0.05) is 0 Å². The van der Waals surface area contributed by atoms with E-state index in [0.29, 0.717) is 5.13 Å². The molecule has 1 aliphatic heterocycles. The highest BCUT2D eigenvalue weighted by Gasteiger charge is 2.34. The third kappa shape index (κ3) is 3.22. The van der Waals surface area contributed by atoms with E-state index in [4.69, 9.17) is 0 Å². The van der Waals surface area contributed by atoms with E-state index in [1.54, 1.807) is 0 Å². The summed E-state index contributed by atoms with van der Waals surface area (Å²) in [6.45, 7) is 6.86. The minimum absolute atomic E-state index is 0. The molecule has 1 atom stereocenters. The number of thiazole rings is 1. The Morgan fingerprint density at radius 2 is 2.17 bits per heavy atom. The molecule has 6 heteroatoms. The molecule has 1 aromatic rings. The van der Waals surface area contributed by atoms with Gasteiger partial charge in [-0.25, -0.2) is 4.98 Å². The van der Waals surface area contributed by atoms with Gasteiger partial charge in [0.25, 0.3) is 0 Å². The topological polar surface area (TPSA) is 54.0 Å². The van der Waals surface area contributed by atoms with Crippen LogP contribution in [0.2, 0.25) is 0 Å². The maximum atomic E-state index is 12.2. The monoisotopic (exact) mass is 289 g/mol. The number of carbonyl (C=O) groups is 1. The van der Waals surface area contributed by atoms with Crippen molar-refractivity contribution in [3.05, 3.63) is 10.6 Å². The fourth-order valence-electron chi connectivity index (χ4n) is 2.01. The summed E-state index contributed by atoms with van der Waals surface area (Å²) in [5.41, 5.74) is 0.554. The summed E-state index contributed by atoms with van der Waals surface area (Å²) in [7, 11) is 0. The minimum Gasteiger partial charge on any atom is -0.304 e. The largest absolute Gasteiger partial charge is 0.304 e. The molecule has 4 nitrogen and oxygen atoms in total. The molecule has 1 amide bonds. The zero-order valence-electron chi connectivity index (χ0n) is 11.0. The molecule has 0 aliphatic carbocycles. The highest BCUT2D eigenvalue weighted by molar-refractivity contribution is 7.15. The molecule has 1 unspecified atom stereocenters. The van der Waals surface area contributed by atoms with Crippen molar-refractivity contribution in [2.75, 3.05) is 11.9 Å². The average Bonchev–Trinajstić information content (AvgIpc) is 2.59. The van der Waals surface area contributed by atoms with Crippen molar-refractivity contribution in [3.63, 3.8) is 0 Å². The molecule has 18 heavy (non-hydrogen) atoms. The Kier molecular flexibility index (Phi) is 5.13. The minimum atomic E-state index is -0.439. The van der Waals surface area contributed by atoms with E-state index in [0.717, 1.165) is 36.4 Å². The van der Waals surface area contributed by atoms with Crippen LogP contribution in [0.25, 0.3) is 0 Å². The highest BCUT2D eigenvalue weighted by Crippen LogP contribution is 2.24. The Morgan fingerprint density at radius 3 is 2.67 bits per heavy atom. The molecule has 1 aromatic heterocycles. The standard InChI is InChI=1S/C12H19N3OS.ClH/c1-8-9(2)17-11(14-8)15-10(16)12(3)6-4-5-7-13-12;/h13H,4-7H2,1-3H3,(H,14,15,16);1H. The molecule has 1 aliphatic rings. The molecule has 102 valence electrons. The first-order valence-corrected chi connectivity index (χ1v) is 6.83. The van der Waals surface area contributed by atoms with Crippen LogP contribution in [0.3, 0.4) is 0 Å². The number of halogens is 1. The molecule has 0 bridgehead atoms. The van der Waals surface area contributed by atoms with Crippen molar-refractivity contribution < 1.29 is 4.79 Å². The van der Waals surface area contributed by atoms with E-state index in [9.17, 15) is 4.79 Å². The number of anilines is 1. The first kappa shape index (κ1) is 15.4. The maximum Gasteiger partial charge on any atom is 0.246 e. The second-order valence-corrected chi connectivity index (χ2v) is 6.03. The summed E-state index contributed by atoms with van der Waals surface area (Å²) >= 11 is 1.53. The van der Waals surface area contributed by atoms with Crippen molar-refractivity contribution in [1.82, 2.24) is 10.3 Å². The van der Waals surface area contributed by atoms with E-state index in [1.807, 2.05) is 20.8 Å². The Hall–Kier alpha value is -0.650. The number of piperidine rings is 1. The quantitative estimate of drug-likeness (QED) is 0.880. The molecular weight excluding hydrogens is 270 g/mol. The number of carbonyl (C=O) groups excluding carboxylic acids is 1. The highest BCUT2D eigenvalue weighted by atomic mass is 35.5. The molecule has 2 N–H and O–H groups in total. The Morgan fingerprint density at radius 1 is 1.44 bits per heavy atom. The number of rotatable bonds is 2. The van der Waals surface area contributed by atoms with Gasteiger partial charge < -0.3 is 10.6 Å². The van der Waals surface area contributed by atoms with Crippen LogP contribution in [-0.4, -0.2) is 23.0 Å². The van der Waals surface area contributed by atoms with Gasteiger partial charge in [0.2, 0.25) is 5.91 Å². The van der Waals surface area contributed by atoms with Crippen LogP contribution in [0.1, 0.15) is 36.8 Å². The molecule has 0 aromatic carbocycles. The molecule has 2 rings (SSSR count). The first-order chi connectivity index (χ1) is 8.01. The smallest absolute Gasteiger partial charge is 0.246 e. The number of nitrogens with zero attached hydrogens (tertiary/aromatic N) is 1. The normalized spacial score (nSPS) is 23.3. The number of amides is 1. The summed E-state index contributed by atoms with van der Waals surface area (Å²) in [6.07, 6.45) is 3.15. The molecule has 0 spiro atoms. The Labute approximate surface area is 118 Å². The SMILES string of the molecule is Cc1nc(NC(=O)C2(C)CCCCN2)sc1C.Cl. The first-order valence-electron chi connectivity index (χ1n) is 6.02. The van der Waals surface area contributed by atoms with Crippen LogP contribution >= 0.6 is 23.7 Å². The van der Waals surface area contributed by atoms with Gasteiger partial charge >= 0.3 is 0 Å². The van der Waals surface area contributed by atoms with E-state index in [-0.39, 0.29) is 18.3 Å². The summed E-state index contributed by atoms with van der Waals surface area (Å²) in [6, 6.07) is 0. The van der Waals surface area contributed by atoms with Gasteiger partial charge in [-0.15, -0.1) is 23.7 Å². The van der Waals surface area contributed by atoms with Gasteiger partial charge in [0.15, 0.2) is 5.13 Å². The molecule has 1 saturated heterocycles. The van der Waals surface area contributed by atoms with Gasteiger partial charge in [0, 0.05) is 4.88 Å². The molecule has 0 saturated carbocycles. The lowest BCUT2D eigenvalue weighted by Gasteiger charge is -2.33. The van der Waals surface area contributed by atoms with E-state index >= 15 is 0 Å². The van der Waals surface area contributed by atoms with Crippen molar-refractivity contribution >= 4 is 34.8 Å². The molecule has 0 radical (unpaired) electrons. The van der Waals surface area contributed by atoms with E-state index in [2.05, 4.69) is 15.6 Å². The number of hydrogen-bond donors (Lipinski definition) is 2. The second kappa shape index (κ2) is 5.99. The lowest BCUT2D eigenvalue weighted by atomic mass is 9.90. The van der Waals surface area contributed by atoms with Crippen LogP contribution in [0.5, 0.6) is 0 Å². The van der Waals surface area contributed by atoms with Gasteiger partial charge in [-0.05, 0) is 46.6 Å². The number of hydrogen-bond acceptors (Lipinski definition) is 4. The maximum absolute atomic E-state index is 12.2. The second-order valence-electron chi connectivity index (χ2n) is 4.83. The van der Waals surface area contributed by atoms with Crippen LogP contribution in [0.15, 0.2) is 0 Å². The van der Waals surface area contributed by atoms with Gasteiger partial charge in [-0.3, -0.25) is 4.79 Å². The predicted molar refractivity (Wildman–Crippen MR) is 77.7 cm³/mol. The summed E-state index contributed by atoms with van der Waals surface area (Å²) in [5.74, 6) is 0.0333. The molecule has 1 fully saturated rings. The summed E-state index contributed by atoms with van der Waals surface area (Å²) in [4.78, 5) is 17.7. The summed E-state index contributed by atoms with van der Waals surface area (Å²) in [5, 5.41) is 6.93. The number of aryl methyl sites for hydroxylation is 2.